The molecular formula is C25H25ClN2O4S. The molecule has 0 heterocycles. The largest absolute Gasteiger partial charge is 0.497 e. The minimum atomic E-state index is -4.01. The van der Waals surface area contributed by atoms with E-state index in [1.165, 1.54) is 24.8 Å². The Labute approximate surface area is 199 Å². The number of rotatable bonds is 7. The fraction of sp³-hybridized carbons (Fsp3) is 0.240. The van der Waals surface area contributed by atoms with E-state index in [4.69, 9.17) is 16.3 Å². The molecule has 1 N–H and O–H groups in total. The number of nitrogens with zero attached hydrogens (tertiary/aromatic N) is 1. The number of ether oxygens (including phenoxy) is 1. The van der Waals surface area contributed by atoms with Gasteiger partial charge in [0.1, 0.15) is 12.3 Å². The average Bonchev–Trinajstić information content (AvgIpc) is 2.83. The van der Waals surface area contributed by atoms with Crippen molar-refractivity contribution in [2.45, 2.75) is 30.2 Å². The number of nitrogens with one attached hydrogen (secondary N) is 1. The summed E-state index contributed by atoms with van der Waals surface area (Å²) in [6, 6.07) is 20.4. The topological polar surface area (TPSA) is 75.7 Å². The van der Waals surface area contributed by atoms with Gasteiger partial charge in [0.25, 0.3) is 10.0 Å². The third-order valence-electron chi connectivity index (χ3n) is 5.75. The van der Waals surface area contributed by atoms with E-state index in [1.54, 1.807) is 36.4 Å². The highest BCUT2D eigenvalue weighted by molar-refractivity contribution is 7.92. The molecule has 3 aromatic rings. The molecule has 172 valence electrons. The Morgan fingerprint density at radius 1 is 1.06 bits per heavy atom. The number of sulfonamides is 1. The summed E-state index contributed by atoms with van der Waals surface area (Å²) in [7, 11) is -2.50. The van der Waals surface area contributed by atoms with Crippen LogP contribution in [0.1, 0.15) is 30.0 Å². The van der Waals surface area contributed by atoms with Crippen LogP contribution in [-0.4, -0.2) is 28.0 Å². The van der Waals surface area contributed by atoms with Gasteiger partial charge >= 0.3 is 0 Å². The lowest BCUT2D eigenvalue weighted by molar-refractivity contribution is -0.120. The zero-order chi connectivity index (χ0) is 23.4. The normalized spacial score (nSPS) is 15.4. The summed E-state index contributed by atoms with van der Waals surface area (Å²) in [6.45, 7) is -0.353. The van der Waals surface area contributed by atoms with Gasteiger partial charge in [-0.05, 0) is 78.9 Å². The highest BCUT2D eigenvalue weighted by Crippen LogP contribution is 2.30. The quantitative estimate of drug-likeness (QED) is 0.525. The molecule has 8 heteroatoms. The molecule has 0 fully saturated rings. The SMILES string of the molecule is COc1ccc(S(=O)(=O)N(CC(=O)N[C@H]2CCCc3ccccc32)c2ccc(Cl)cc2)cc1. The van der Waals surface area contributed by atoms with Crippen molar-refractivity contribution in [2.75, 3.05) is 18.0 Å². The first-order valence-corrected chi connectivity index (χ1v) is 12.5. The number of methoxy groups -OCH3 is 1. The first kappa shape index (κ1) is 23.1. The van der Waals surface area contributed by atoms with E-state index >= 15 is 0 Å². The Hall–Kier alpha value is -3.03. The number of benzene rings is 3. The van der Waals surface area contributed by atoms with E-state index in [0.717, 1.165) is 29.1 Å². The van der Waals surface area contributed by atoms with Crippen LogP contribution in [0.2, 0.25) is 5.02 Å². The summed E-state index contributed by atoms with van der Waals surface area (Å²) in [5.41, 5.74) is 2.66. The van der Waals surface area contributed by atoms with Crippen molar-refractivity contribution < 1.29 is 17.9 Å². The van der Waals surface area contributed by atoms with Crippen molar-refractivity contribution in [1.82, 2.24) is 5.32 Å². The van der Waals surface area contributed by atoms with Gasteiger partial charge in [0, 0.05) is 5.02 Å². The summed E-state index contributed by atoms with van der Waals surface area (Å²) in [6.07, 6.45) is 2.76. The van der Waals surface area contributed by atoms with Crippen molar-refractivity contribution in [2.24, 2.45) is 0 Å². The van der Waals surface area contributed by atoms with Gasteiger partial charge in [-0.1, -0.05) is 35.9 Å². The van der Waals surface area contributed by atoms with Crippen LogP contribution in [0.4, 0.5) is 5.69 Å². The molecule has 0 bridgehead atoms. The molecule has 1 amide bonds. The molecule has 0 saturated carbocycles. The number of carbonyl (C=O) groups is 1. The van der Waals surface area contributed by atoms with Gasteiger partial charge in [-0.15, -0.1) is 0 Å². The number of halogens is 1. The van der Waals surface area contributed by atoms with Gasteiger partial charge in [0.15, 0.2) is 0 Å². The standard InChI is InChI=1S/C25H25ClN2O4S/c1-32-21-13-15-22(16-14-21)33(30,31)28(20-11-9-19(26)10-12-20)17-25(29)27-24-8-4-6-18-5-2-3-7-23(18)24/h2-3,5,7,9-16,24H,4,6,8,17H2,1H3,(H,27,29)/t24-/m0/s1. The number of anilines is 1. The monoisotopic (exact) mass is 484 g/mol. The maximum atomic E-state index is 13.5. The third-order valence-corrected chi connectivity index (χ3v) is 7.79. The van der Waals surface area contributed by atoms with Crippen LogP contribution in [0.25, 0.3) is 0 Å². The molecule has 33 heavy (non-hydrogen) atoms. The van der Waals surface area contributed by atoms with Gasteiger partial charge in [-0.25, -0.2) is 8.42 Å². The summed E-state index contributed by atoms with van der Waals surface area (Å²) in [5, 5.41) is 3.51. The lowest BCUT2D eigenvalue weighted by Gasteiger charge is -2.28. The number of hydrogen-bond acceptors (Lipinski definition) is 4. The second-order valence-electron chi connectivity index (χ2n) is 7.87. The Morgan fingerprint density at radius 2 is 1.76 bits per heavy atom. The second kappa shape index (κ2) is 9.85. The van der Waals surface area contributed by atoms with Crippen molar-refractivity contribution in [1.29, 1.82) is 0 Å². The number of fused-ring (bicyclic) bond motifs is 1. The number of hydrogen-bond donors (Lipinski definition) is 1. The summed E-state index contributed by atoms with van der Waals surface area (Å²) in [4.78, 5) is 13.2. The fourth-order valence-electron chi connectivity index (χ4n) is 4.07. The second-order valence-corrected chi connectivity index (χ2v) is 10.2. The lowest BCUT2D eigenvalue weighted by atomic mass is 9.88. The van der Waals surface area contributed by atoms with Crippen LogP contribution in [0, 0.1) is 0 Å². The summed E-state index contributed by atoms with van der Waals surface area (Å²) in [5.74, 6) is 0.171. The van der Waals surface area contributed by atoms with E-state index in [0.29, 0.717) is 16.5 Å². The molecule has 0 aromatic heterocycles. The van der Waals surface area contributed by atoms with Crippen molar-refractivity contribution in [3.05, 3.63) is 88.9 Å². The molecule has 0 unspecified atom stereocenters. The molecule has 4 rings (SSSR count). The average molecular weight is 485 g/mol. The zero-order valence-electron chi connectivity index (χ0n) is 18.2. The molecule has 3 aromatic carbocycles. The summed E-state index contributed by atoms with van der Waals surface area (Å²) < 4.78 is 33.3. The molecule has 1 atom stereocenters. The van der Waals surface area contributed by atoms with Gasteiger partial charge < -0.3 is 10.1 Å². The molecule has 0 spiro atoms. The van der Waals surface area contributed by atoms with Crippen LogP contribution >= 0.6 is 11.6 Å². The summed E-state index contributed by atoms with van der Waals surface area (Å²) >= 11 is 6.00. The predicted molar refractivity (Wildman–Crippen MR) is 129 cm³/mol. The highest BCUT2D eigenvalue weighted by atomic mass is 35.5. The smallest absolute Gasteiger partial charge is 0.264 e. The minimum absolute atomic E-state index is 0.0639. The van der Waals surface area contributed by atoms with Crippen LogP contribution < -0.4 is 14.4 Å². The Kier molecular flexibility index (Phi) is 6.91. The zero-order valence-corrected chi connectivity index (χ0v) is 19.8. The molecule has 0 aliphatic heterocycles. The van der Waals surface area contributed by atoms with Crippen LogP contribution in [0.15, 0.2) is 77.7 Å². The Morgan fingerprint density at radius 3 is 2.45 bits per heavy atom. The molecule has 0 radical (unpaired) electrons. The molecule has 6 nitrogen and oxygen atoms in total. The van der Waals surface area contributed by atoms with E-state index in [-0.39, 0.29) is 23.4 Å². The van der Waals surface area contributed by atoms with Crippen LogP contribution in [-0.2, 0) is 21.2 Å². The van der Waals surface area contributed by atoms with Gasteiger partial charge in [0.05, 0.1) is 23.7 Å². The maximum absolute atomic E-state index is 13.5. The number of carbonyl (C=O) groups excluding carboxylic acids is 1. The van der Waals surface area contributed by atoms with Gasteiger partial charge in [0.2, 0.25) is 5.91 Å². The van der Waals surface area contributed by atoms with Gasteiger partial charge in [-0.3, -0.25) is 9.10 Å². The van der Waals surface area contributed by atoms with E-state index < -0.39 is 10.0 Å². The minimum Gasteiger partial charge on any atom is -0.497 e. The van der Waals surface area contributed by atoms with E-state index in [9.17, 15) is 13.2 Å². The molecule has 1 aliphatic rings. The molecular weight excluding hydrogens is 460 g/mol. The fourth-order valence-corrected chi connectivity index (χ4v) is 5.62. The van der Waals surface area contributed by atoms with Crippen molar-refractivity contribution >= 4 is 33.2 Å². The Bertz CT molecular complexity index is 1230. The van der Waals surface area contributed by atoms with Crippen LogP contribution in [0.5, 0.6) is 5.75 Å². The predicted octanol–water partition coefficient (Wildman–Crippen LogP) is 4.74. The van der Waals surface area contributed by atoms with Crippen molar-refractivity contribution in [3.63, 3.8) is 0 Å². The highest BCUT2D eigenvalue weighted by Gasteiger charge is 2.29. The van der Waals surface area contributed by atoms with Crippen molar-refractivity contribution in [3.8, 4) is 5.75 Å². The first-order chi connectivity index (χ1) is 15.9. The number of amides is 1. The van der Waals surface area contributed by atoms with Gasteiger partial charge in [-0.2, -0.15) is 0 Å². The lowest BCUT2D eigenvalue weighted by Crippen LogP contribution is -2.42. The van der Waals surface area contributed by atoms with Crippen LogP contribution in [0.3, 0.4) is 0 Å². The Balaban J connectivity index is 1.61. The van der Waals surface area contributed by atoms with E-state index in [2.05, 4.69) is 11.4 Å². The maximum Gasteiger partial charge on any atom is 0.264 e. The molecule has 1 aliphatic carbocycles. The third kappa shape index (κ3) is 5.15. The molecule has 0 saturated heterocycles. The number of aryl methyl sites for hydroxylation is 1. The first-order valence-electron chi connectivity index (χ1n) is 10.7. The van der Waals surface area contributed by atoms with E-state index in [1.807, 2.05) is 18.2 Å².